The molecule has 20 heavy (non-hydrogen) atoms. The van der Waals surface area contributed by atoms with Crippen molar-refractivity contribution < 1.29 is 4.42 Å². The highest BCUT2D eigenvalue weighted by Crippen LogP contribution is 2.31. The number of anilines is 1. The molecular weight excluding hydrogens is 248 g/mol. The Morgan fingerprint density at radius 2 is 1.95 bits per heavy atom. The van der Waals surface area contributed by atoms with E-state index < -0.39 is 0 Å². The fraction of sp³-hybridized carbons (Fsp3) is 0.471. The van der Waals surface area contributed by atoms with Crippen molar-refractivity contribution in [1.82, 2.24) is 4.98 Å². The van der Waals surface area contributed by atoms with Crippen LogP contribution in [-0.4, -0.2) is 11.0 Å². The van der Waals surface area contributed by atoms with E-state index >= 15 is 0 Å². The smallest absolute Gasteiger partial charge is 0.181 e. The van der Waals surface area contributed by atoms with Crippen molar-refractivity contribution in [1.29, 1.82) is 0 Å². The molecule has 3 nitrogen and oxygen atoms in total. The van der Waals surface area contributed by atoms with E-state index in [9.17, 15) is 0 Å². The zero-order valence-electron chi connectivity index (χ0n) is 12.2. The van der Waals surface area contributed by atoms with Crippen LogP contribution in [0, 0.1) is 11.8 Å². The summed E-state index contributed by atoms with van der Waals surface area (Å²) in [6.07, 6.45) is 7.10. The van der Waals surface area contributed by atoms with Gasteiger partial charge in [0.2, 0.25) is 0 Å². The van der Waals surface area contributed by atoms with Crippen LogP contribution in [0.15, 0.2) is 41.3 Å². The van der Waals surface area contributed by atoms with E-state index in [0.29, 0.717) is 6.04 Å². The molecule has 2 unspecified atom stereocenters. The van der Waals surface area contributed by atoms with Gasteiger partial charge >= 0.3 is 0 Å². The topological polar surface area (TPSA) is 38.1 Å². The molecule has 0 amide bonds. The second kappa shape index (κ2) is 5.70. The summed E-state index contributed by atoms with van der Waals surface area (Å²) in [5.74, 6) is 2.45. The number of hydrogen-bond acceptors (Lipinski definition) is 3. The highest BCUT2D eigenvalue weighted by molar-refractivity contribution is 5.63. The molecule has 3 rings (SSSR count). The lowest BCUT2D eigenvalue weighted by Crippen LogP contribution is -2.30. The molecule has 1 N–H and O–H groups in total. The lowest BCUT2D eigenvalue weighted by molar-refractivity contribution is 0.281. The Bertz CT molecular complexity index is 540. The van der Waals surface area contributed by atoms with Crippen molar-refractivity contribution in [3.63, 3.8) is 0 Å². The Kier molecular flexibility index (Phi) is 3.77. The summed E-state index contributed by atoms with van der Waals surface area (Å²) in [6, 6.07) is 8.97. The number of aromatic nitrogens is 1. The quantitative estimate of drug-likeness (QED) is 0.887. The third kappa shape index (κ3) is 3.03. The summed E-state index contributed by atoms with van der Waals surface area (Å²) in [5.41, 5.74) is 2.25. The molecule has 1 heterocycles. The van der Waals surface area contributed by atoms with Gasteiger partial charge in [-0.2, -0.15) is 0 Å². The van der Waals surface area contributed by atoms with Crippen LogP contribution in [0.3, 0.4) is 0 Å². The summed E-state index contributed by atoms with van der Waals surface area (Å²) >= 11 is 0. The molecular formula is C17H22N2O. The van der Waals surface area contributed by atoms with Crippen molar-refractivity contribution in [2.45, 2.75) is 39.2 Å². The molecule has 2 aromatic rings. The maximum atomic E-state index is 5.36. The fourth-order valence-electron chi connectivity index (χ4n) is 3.42. The van der Waals surface area contributed by atoms with Gasteiger partial charge in [-0.1, -0.05) is 26.0 Å². The van der Waals surface area contributed by atoms with Gasteiger partial charge in [0.25, 0.3) is 0 Å². The number of oxazole rings is 1. The molecule has 2 atom stereocenters. The van der Waals surface area contributed by atoms with Crippen LogP contribution in [0.2, 0.25) is 0 Å². The SMILES string of the molecule is CC1CC(C)CC(Nc2cccc(-c3cnco3)c2)C1. The van der Waals surface area contributed by atoms with E-state index in [-0.39, 0.29) is 0 Å². The largest absolute Gasteiger partial charge is 0.444 e. The van der Waals surface area contributed by atoms with Gasteiger partial charge in [-0.3, -0.25) is 0 Å². The first-order valence-corrected chi connectivity index (χ1v) is 7.46. The van der Waals surface area contributed by atoms with E-state index in [1.165, 1.54) is 31.3 Å². The third-order valence-corrected chi connectivity index (χ3v) is 4.13. The highest BCUT2D eigenvalue weighted by atomic mass is 16.3. The van der Waals surface area contributed by atoms with E-state index in [2.05, 4.69) is 48.4 Å². The Labute approximate surface area is 120 Å². The molecule has 106 valence electrons. The Balaban J connectivity index is 1.73. The van der Waals surface area contributed by atoms with Crippen molar-refractivity contribution in [3.8, 4) is 11.3 Å². The number of nitrogens with zero attached hydrogens (tertiary/aromatic N) is 1. The maximum absolute atomic E-state index is 5.36. The van der Waals surface area contributed by atoms with Crippen molar-refractivity contribution in [2.24, 2.45) is 11.8 Å². The Hall–Kier alpha value is -1.77. The Morgan fingerprint density at radius 3 is 2.65 bits per heavy atom. The highest BCUT2D eigenvalue weighted by Gasteiger charge is 2.23. The molecule has 0 radical (unpaired) electrons. The average molecular weight is 270 g/mol. The molecule has 1 fully saturated rings. The van der Waals surface area contributed by atoms with Crippen LogP contribution in [-0.2, 0) is 0 Å². The predicted molar refractivity (Wildman–Crippen MR) is 81.5 cm³/mol. The zero-order chi connectivity index (χ0) is 13.9. The third-order valence-electron chi connectivity index (χ3n) is 4.13. The predicted octanol–water partition coefficient (Wildman–Crippen LogP) is 4.58. The van der Waals surface area contributed by atoms with Crippen molar-refractivity contribution in [3.05, 3.63) is 36.9 Å². The molecule has 0 saturated heterocycles. The number of nitrogens with one attached hydrogen (secondary N) is 1. The van der Waals surface area contributed by atoms with Crippen LogP contribution in [0.4, 0.5) is 5.69 Å². The van der Waals surface area contributed by atoms with Crippen LogP contribution in [0.25, 0.3) is 11.3 Å². The summed E-state index contributed by atoms with van der Waals surface area (Å²) < 4.78 is 5.36. The van der Waals surface area contributed by atoms with Crippen LogP contribution < -0.4 is 5.32 Å². The van der Waals surface area contributed by atoms with Gasteiger partial charge in [0, 0.05) is 17.3 Å². The molecule has 3 heteroatoms. The minimum atomic E-state index is 0.582. The zero-order valence-corrected chi connectivity index (χ0v) is 12.2. The van der Waals surface area contributed by atoms with Gasteiger partial charge in [0.15, 0.2) is 12.2 Å². The molecule has 1 aliphatic carbocycles. The lowest BCUT2D eigenvalue weighted by atomic mass is 9.80. The minimum Gasteiger partial charge on any atom is -0.444 e. The summed E-state index contributed by atoms with van der Waals surface area (Å²) in [5, 5.41) is 3.68. The minimum absolute atomic E-state index is 0.582. The monoisotopic (exact) mass is 270 g/mol. The van der Waals surface area contributed by atoms with Gasteiger partial charge < -0.3 is 9.73 Å². The van der Waals surface area contributed by atoms with E-state index in [1.54, 1.807) is 6.20 Å². The number of hydrogen-bond donors (Lipinski definition) is 1. The summed E-state index contributed by atoms with van der Waals surface area (Å²) in [4.78, 5) is 3.98. The first-order valence-electron chi connectivity index (χ1n) is 7.46. The maximum Gasteiger partial charge on any atom is 0.181 e. The molecule has 1 saturated carbocycles. The summed E-state index contributed by atoms with van der Waals surface area (Å²) in [6.45, 7) is 4.71. The molecule has 0 aliphatic heterocycles. The molecule has 1 aromatic carbocycles. The standard InChI is InChI=1S/C17H22N2O/c1-12-6-13(2)8-16(7-12)19-15-5-3-4-14(9-15)17-10-18-11-20-17/h3-5,9-13,16,19H,6-8H2,1-2H3. The second-order valence-corrected chi connectivity index (χ2v) is 6.21. The average Bonchev–Trinajstić information content (AvgIpc) is 2.91. The van der Waals surface area contributed by atoms with Gasteiger partial charge in [0.1, 0.15) is 0 Å². The van der Waals surface area contributed by atoms with Gasteiger partial charge in [0.05, 0.1) is 6.20 Å². The van der Waals surface area contributed by atoms with Gasteiger partial charge in [-0.25, -0.2) is 4.98 Å². The summed E-state index contributed by atoms with van der Waals surface area (Å²) in [7, 11) is 0. The molecule has 1 aromatic heterocycles. The fourth-order valence-corrected chi connectivity index (χ4v) is 3.42. The van der Waals surface area contributed by atoms with Crippen LogP contribution in [0.1, 0.15) is 33.1 Å². The molecule has 1 aliphatic rings. The van der Waals surface area contributed by atoms with Gasteiger partial charge in [-0.15, -0.1) is 0 Å². The first kappa shape index (κ1) is 13.2. The van der Waals surface area contributed by atoms with E-state index in [1.807, 2.05) is 0 Å². The van der Waals surface area contributed by atoms with Crippen LogP contribution in [0.5, 0.6) is 0 Å². The van der Waals surface area contributed by atoms with E-state index in [4.69, 9.17) is 4.42 Å². The van der Waals surface area contributed by atoms with Crippen molar-refractivity contribution >= 4 is 5.69 Å². The molecule has 0 spiro atoms. The van der Waals surface area contributed by atoms with Crippen LogP contribution >= 0.6 is 0 Å². The van der Waals surface area contributed by atoms with Gasteiger partial charge in [-0.05, 0) is 43.2 Å². The second-order valence-electron chi connectivity index (χ2n) is 6.21. The van der Waals surface area contributed by atoms with Crippen molar-refractivity contribution in [2.75, 3.05) is 5.32 Å². The number of benzene rings is 1. The molecule has 0 bridgehead atoms. The van der Waals surface area contributed by atoms with E-state index in [0.717, 1.165) is 23.2 Å². The normalized spacial score (nSPS) is 26.4. The first-order chi connectivity index (χ1) is 9.70. The lowest BCUT2D eigenvalue weighted by Gasteiger charge is -2.32. The number of rotatable bonds is 3. The Morgan fingerprint density at radius 1 is 1.15 bits per heavy atom.